The molecule has 0 aromatic carbocycles. The standard InChI is InChI=1S/C16H15BrF3N5O/c1-7(2)22-15(26)11-5-9-13(10(17)6-21-14(9)23-11)25-8(3)4-12(24-25)16(18,19)20/h4-7H,1-3H3,(H,21,23)(H,22,26). The Morgan fingerprint density at radius 3 is 2.62 bits per heavy atom. The molecule has 3 aromatic heterocycles. The number of nitrogens with one attached hydrogen (secondary N) is 2. The molecule has 0 saturated carbocycles. The smallest absolute Gasteiger partial charge is 0.349 e. The Balaban J connectivity index is 2.17. The third-order valence-corrected chi connectivity index (χ3v) is 4.22. The van der Waals surface area contributed by atoms with Crippen molar-refractivity contribution < 1.29 is 18.0 Å². The van der Waals surface area contributed by atoms with Crippen LogP contribution in [0.4, 0.5) is 13.2 Å². The molecule has 0 unspecified atom stereocenters. The summed E-state index contributed by atoms with van der Waals surface area (Å²) in [5.41, 5.74) is 0.338. The fourth-order valence-corrected chi connectivity index (χ4v) is 3.04. The van der Waals surface area contributed by atoms with Gasteiger partial charge in [-0.15, -0.1) is 0 Å². The summed E-state index contributed by atoms with van der Waals surface area (Å²) < 4.78 is 40.6. The molecule has 138 valence electrons. The maximum atomic E-state index is 13.0. The fourth-order valence-electron chi connectivity index (χ4n) is 2.55. The van der Waals surface area contributed by atoms with Gasteiger partial charge in [0.2, 0.25) is 0 Å². The van der Waals surface area contributed by atoms with Crippen molar-refractivity contribution in [1.29, 1.82) is 0 Å². The van der Waals surface area contributed by atoms with Crippen LogP contribution in [0.1, 0.15) is 35.7 Å². The van der Waals surface area contributed by atoms with Gasteiger partial charge in [0.15, 0.2) is 5.69 Å². The lowest BCUT2D eigenvalue weighted by atomic mass is 10.2. The normalized spacial score (nSPS) is 12.2. The molecule has 0 saturated heterocycles. The van der Waals surface area contributed by atoms with Gasteiger partial charge < -0.3 is 10.3 Å². The zero-order valence-electron chi connectivity index (χ0n) is 14.1. The first kappa shape index (κ1) is 18.4. The van der Waals surface area contributed by atoms with E-state index in [1.54, 1.807) is 6.07 Å². The number of pyridine rings is 1. The zero-order chi connectivity index (χ0) is 19.2. The van der Waals surface area contributed by atoms with E-state index in [1.807, 2.05) is 13.8 Å². The molecular formula is C16H15BrF3N5O. The largest absolute Gasteiger partial charge is 0.435 e. The minimum atomic E-state index is -4.55. The van der Waals surface area contributed by atoms with E-state index in [1.165, 1.54) is 17.8 Å². The molecule has 6 nitrogen and oxygen atoms in total. The average molecular weight is 430 g/mol. The van der Waals surface area contributed by atoms with E-state index in [4.69, 9.17) is 0 Å². The molecule has 10 heteroatoms. The number of halogens is 4. The number of hydrogen-bond acceptors (Lipinski definition) is 3. The molecule has 0 aliphatic carbocycles. The fraction of sp³-hybridized carbons (Fsp3) is 0.312. The number of aromatic nitrogens is 4. The first-order valence-corrected chi connectivity index (χ1v) is 8.49. The van der Waals surface area contributed by atoms with Gasteiger partial charge in [0.25, 0.3) is 5.91 Å². The lowest BCUT2D eigenvalue weighted by Gasteiger charge is -2.08. The molecule has 3 heterocycles. The van der Waals surface area contributed by atoms with Gasteiger partial charge in [-0.1, -0.05) is 0 Å². The van der Waals surface area contributed by atoms with Crippen LogP contribution in [0.15, 0.2) is 22.8 Å². The van der Waals surface area contributed by atoms with Crippen molar-refractivity contribution in [2.24, 2.45) is 0 Å². The number of aromatic amines is 1. The third kappa shape index (κ3) is 3.33. The van der Waals surface area contributed by atoms with Gasteiger partial charge in [-0.3, -0.25) is 4.79 Å². The molecule has 3 rings (SSSR count). The summed E-state index contributed by atoms with van der Waals surface area (Å²) in [6, 6.07) is 2.46. The highest BCUT2D eigenvalue weighted by molar-refractivity contribution is 9.10. The summed E-state index contributed by atoms with van der Waals surface area (Å²) >= 11 is 3.32. The first-order valence-electron chi connectivity index (χ1n) is 7.70. The van der Waals surface area contributed by atoms with Crippen LogP contribution >= 0.6 is 15.9 Å². The number of carbonyl (C=O) groups excluding carboxylic acids is 1. The molecule has 0 bridgehead atoms. The van der Waals surface area contributed by atoms with Crippen LogP contribution in [-0.2, 0) is 6.18 Å². The molecule has 2 N–H and O–H groups in total. The van der Waals surface area contributed by atoms with Gasteiger partial charge in [-0.05, 0) is 48.8 Å². The molecule has 1 amide bonds. The van der Waals surface area contributed by atoms with Crippen molar-refractivity contribution >= 4 is 32.9 Å². The molecule has 0 aliphatic rings. The van der Waals surface area contributed by atoms with E-state index < -0.39 is 11.9 Å². The molecule has 0 radical (unpaired) electrons. The Morgan fingerprint density at radius 2 is 2.04 bits per heavy atom. The van der Waals surface area contributed by atoms with E-state index in [9.17, 15) is 18.0 Å². The summed E-state index contributed by atoms with van der Waals surface area (Å²) in [6.45, 7) is 5.18. The Kier molecular flexibility index (Phi) is 4.55. The van der Waals surface area contributed by atoms with Crippen LogP contribution in [-0.4, -0.2) is 31.7 Å². The molecule has 0 fully saturated rings. The maximum absolute atomic E-state index is 13.0. The second-order valence-electron chi connectivity index (χ2n) is 6.11. The summed E-state index contributed by atoms with van der Waals surface area (Å²) in [5.74, 6) is -0.326. The highest BCUT2D eigenvalue weighted by Crippen LogP contribution is 2.33. The van der Waals surface area contributed by atoms with Crippen LogP contribution < -0.4 is 5.32 Å². The van der Waals surface area contributed by atoms with Crippen LogP contribution in [0.3, 0.4) is 0 Å². The van der Waals surface area contributed by atoms with Crippen molar-refractivity contribution in [3.8, 4) is 5.69 Å². The average Bonchev–Trinajstić information content (AvgIpc) is 3.10. The molecule has 0 aliphatic heterocycles. The maximum Gasteiger partial charge on any atom is 0.435 e. The number of H-pyrrole nitrogens is 1. The quantitative estimate of drug-likeness (QED) is 0.660. The Bertz CT molecular complexity index is 990. The summed E-state index contributed by atoms with van der Waals surface area (Å²) in [5, 5.41) is 6.91. The second kappa shape index (κ2) is 6.42. The van der Waals surface area contributed by atoms with Crippen LogP contribution in [0, 0.1) is 6.92 Å². The van der Waals surface area contributed by atoms with Crippen LogP contribution in [0.5, 0.6) is 0 Å². The van der Waals surface area contributed by atoms with Gasteiger partial charge >= 0.3 is 6.18 Å². The predicted octanol–water partition coefficient (Wildman–Crippen LogP) is 3.98. The predicted molar refractivity (Wildman–Crippen MR) is 93.3 cm³/mol. The monoisotopic (exact) mass is 429 g/mol. The number of fused-ring (bicyclic) bond motifs is 1. The minimum absolute atomic E-state index is 0.0595. The zero-order valence-corrected chi connectivity index (χ0v) is 15.7. The van der Waals surface area contributed by atoms with E-state index in [2.05, 4.69) is 36.3 Å². The number of alkyl halides is 3. The lowest BCUT2D eigenvalue weighted by molar-refractivity contribution is -0.141. The Labute approximate surface area is 154 Å². The highest BCUT2D eigenvalue weighted by atomic mass is 79.9. The van der Waals surface area contributed by atoms with Crippen molar-refractivity contribution in [2.45, 2.75) is 33.0 Å². The molecule has 0 atom stereocenters. The van der Waals surface area contributed by atoms with Gasteiger partial charge in [0, 0.05) is 23.3 Å². The van der Waals surface area contributed by atoms with Gasteiger partial charge in [0.1, 0.15) is 11.3 Å². The molecule has 26 heavy (non-hydrogen) atoms. The Hall–Kier alpha value is -2.36. The van der Waals surface area contributed by atoms with E-state index in [-0.39, 0.29) is 17.6 Å². The highest BCUT2D eigenvalue weighted by Gasteiger charge is 2.35. The van der Waals surface area contributed by atoms with Gasteiger partial charge in [0.05, 0.1) is 10.2 Å². The summed E-state index contributed by atoms with van der Waals surface area (Å²) in [4.78, 5) is 19.3. The van der Waals surface area contributed by atoms with Crippen molar-refractivity contribution in [3.05, 3.63) is 39.9 Å². The van der Waals surface area contributed by atoms with Crippen LogP contribution in [0.25, 0.3) is 16.7 Å². The van der Waals surface area contributed by atoms with Crippen molar-refractivity contribution in [3.63, 3.8) is 0 Å². The minimum Gasteiger partial charge on any atom is -0.349 e. The Morgan fingerprint density at radius 1 is 1.35 bits per heavy atom. The van der Waals surface area contributed by atoms with E-state index >= 15 is 0 Å². The molecular weight excluding hydrogens is 415 g/mol. The summed E-state index contributed by atoms with van der Waals surface area (Å²) in [6.07, 6.45) is -3.10. The number of carbonyl (C=O) groups is 1. The van der Waals surface area contributed by atoms with E-state index in [0.717, 1.165) is 6.07 Å². The number of nitrogens with zero attached hydrogens (tertiary/aromatic N) is 3. The SMILES string of the molecule is Cc1cc(C(F)(F)F)nn1-c1c(Br)cnc2[nH]c(C(=O)NC(C)C)cc12. The van der Waals surface area contributed by atoms with Crippen molar-refractivity contribution in [1.82, 2.24) is 25.1 Å². The first-order chi connectivity index (χ1) is 12.1. The van der Waals surface area contributed by atoms with Crippen molar-refractivity contribution in [2.75, 3.05) is 0 Å². The molecule has 3 aromatic rings. The van der Waals surface area contributed by atoms with Gasteiger partial charge in [-0.25, -0.2) is 9.67 Å². The second-order valence-corrected chi connectivity index (χ2v) is 6.96. The number of hydrogen-bond donors (Lipinski definition) is 2. The number of amides is 1. The third-order valence-electron chi connectivity index (χ3n) is 3.64. The summed E-state index contributed by atoms with van der Waals surface area (Å²) in [7, 11) is 0. The van der Waals surface area contributed by atoms with Gasteiger partial charge in [-0.2, -0.15) is 18.3 Å². The number of rotatable bonds is 3. The topological polar surface area (TPSA) is 75.6 Å². The lowest BCUT2D eigenvalue weighted by Crippen LogP contribution is -2.30. The van der Waals surface area contributed by atoms with Crippen LogP contribution in [0.2, 0.25) is 0 Å². The molecule has 0 spiro atoms. The number of aryl methyl sites for hydroxylation is 1. The van der Waals surface area contributed by atoms with E-state index in [0.29, 0.717) is 26.9 Å².